The summed E-state index contributed by atoms with van der Waals surface area (Å²) in [5.74, 6) is 2.99. The normalized spacial score (nSPS) is 18.5. The van der Waals surface area contributed by atoms with Crippen LogP contribution in [0.1, 0.15) is 80.3 Å². The van der Waals surface area contributed by atoms with Crippen molar-refractivity contribution in [1.29, 1.82) is 0 Å². The molecule has 188 valence electrons. The second-order valence-corrected chi connectivity index (χ2v) is 11.7. The minimum absolute atomic E-state index is 0.729. The van der Waals surface area contributed by atoms with Crippen LogP contribution in [0, 0.1) is 25.7 Å². The van der Waals surface area contributed by atoms with Gasteiger partial charge in [0.1, 0.15) is 5.82 Å². The van der Waals surface area contributed by atoms with Gasteiger partial charge in [-0.3, -0.25) is 0 Å². The number of nitrogens with zero attached hydrogens (tertiary/aromatic N) is 3. The second-order valence-electron chi connectivity index (χ2n) is 11.3. The summed E-state index contributed by atoms with van der Waals surface area (Å²) in [5, 5.41) is 0.793. The Morgan fingerprint density at radius 3 is 2.34 bits per heavy atom. The molecule has 1 aromatic heterocycles. The fourth-order valence-corrected chi connectivity index (χ4v) is 6.41. The molecule has 4 heteroatoms. The van der Waals surface area contributed by atoms with Crippen LogP contribution in [0.3, 0.4) is 0 Å². The molecule has 0 radical (unpaired) electrons. The number of likely N-dealkylation sites (tertiary alicyclic amines) is 1. The van der Waals surface area contributed by atoms with Crippen LogP contribution in [0.4, 0.5) is 0 Å². The summed E-state index contributed by atoms with van der Waals surface area (Å²) in [7, 11) is 0. The summed E-state index contributed by atoms with van der Waals surface area (Å²) in [6.45, 7) is 9.06. The van der Waals surface area contributed by atoms with E-state index in [1.807, 2.05) is 12.1 Å². The Kier molecular flexibility index (Phi) is 8.14. The first-order valence-electron chi connectivity index (χ1n) is 14.0. The fraction of sp³-hybridized carbons (Fsp3) is 0.581. The van der Waals surface area contributed by atoms with Crippen LogP contribution in [0.5, 0.6) is 0 Å². The number of aryl methyl sites for hydroxylation is 2. The van der Waals surface area contributed by atoms with Crippen molar-refractivity contribution >= 4 is 22.6 Å². The van der Waals surface area contributed by atoms with E-state index in [1.54, 1.807) is 0 Å². The van der Waals surface area contributed by atoms with Gasteiger partial charge in [-0.2, -0.15) is 0 Å². The summed E-state index contributed by atoms with van der Waals surface area (Å²) >= 11 is 6.15. The highest BCUT2D eigenvalue weighted by Gasteiger charge is 2.23. The SMILES string of the molecule is Cc1cc2nc(CC3CCN(CCCC4CCCCC4)CC3)n(Cc3ccc(Cl)cc3)c2cc1C. The van der Waals surface area contributed by atoms with Crippen LogP contribution in [0.2, 0.25) is 5.02 Å². The lowest BCUT2D eigenvalue weighted by molar-refractivity contribution is 0.174. The average Bonchev–Trinajstić information content (AvgIpc) is 3.18. The summed E-state index contributed by atoms with van der Waals surface area (Å²) in [4.78, 5) is 7.89. The first-order chi connectivity index (χ1) is 17.0. The van der Waals surface area contributed by atoms with Crippen LogP contribution < -0.4 is 0 Å². The van der Waals surface area contributed by atoms with Crippen LogP contribution in [-0.4, -0.2) is 34.1 Å². The van der Waals surface area contributed by atoms with E-state index in [9.17, 15) is 0 Å². The van der Waals surface area contributed by atoms with Gasteiger partial charge in [0.2, 0.25) is 0 Å². The van der Waals surface area contributed by atoms with Gasteiger partial charge in [-0.15, -0.1) is 0 Å². The van der Waals surface area contributed by atoms with Crippen molar-refractivity contribution in [2.24, 2.45) is 11.8 Å². The van der Waals surface area contributed by atoms with E-state index in [-0.39, 0.29) is 0 Å². The molecule has 35 heavy (non-hydrogen) atoms. The summed E-state index contributed by atoms with van der Waals surface area (Å²) in [5.41, 5.74) is 6.33. The lowest BCUT2D eigenvalue weighted by Gasteiger charge is -2.32. The topological polar surface area (TPSA) is 21.1 Å². The van der Waals surface area contributed by atoms with Crippen molar-refractivity contribution in [2.75, 3.05) is 19.6 Å². The van der Waals surface area contributed by atoms with Crippen LogP contribution in [-0.2, 0) is 13.0 Å². The Balaban J connectivity index is 1.22. The van der Waals surface area contributed by atoms with Gasteiger partial charge in [-0.05, 0) is 112 Å². The minimum Gasteiger partial charge on any atom is -0.323 e. The van der Waals surface area contributed by atoms with Gasteiger partial charge in [0.15, 0.2) is 0 Å². The number of hydrogen-bond acceptors (Lipinski definition) is 2. The zero-order chi connectivity index (χ0) is 24.2. The molecule has 2 fully saturated rings. The Labute approximate surface area is 216 Å². The molecule has 2 aromatic carbocycles. The van der Waals surface area contributed by atoms with E-state index in [1.165, 1.54) is 105 Å². The molecule has 5 rings (SSSR count). The van der Waals surface area contributed by atoms with Crippen LogP contribution in [0.25, 0.3) is 11.0 Å². The number of imidazole rings is 1. The molecule has 1 saturated heterocycles. The molecule has 0 amide bonds. The van der Waals surface area contributed by atoms with Crippen molar-refractivity contribution in [3.8, 4) is 0 Å². The van der Waals surface area contributed by atoms with E-state index in [4.69, 9.17) is 16.6 Å². The maximum atomic E-state index is 6.15. The third-order valence-electron chi connectivity index (χ3n) is 8.69. The average molecular weight is 492 g/mol. The number of halogens is 1. The number of aromatic nitrogens is 2. The molecule has 2 heterocycles. The predicted octanol–water partition coefficient (Wildman–Crippen LogP) is 7.97. The Hall–Kier alpha value is -1.84. The van der Waals surface area contributed by atoms with E-state index in [0.29, 0.717) is 0 Å². The van der Waals surface area contributed by atoms with Crippen molar-refractivity contribution in [1.82, 2.24) is 14.5 Å². The van der Waals surface area contributed by atoms with Gasteiger partial charge in [-0.25, -0.2) is 4.98 Å². The van der Waals surface area contributed by atoms with Crippen molar-refractivity contribution in [2.45, 2.75) is 84.6 Å². The molecule has 1 aliphatic heterocycles. The number of hydrogen-bond donors (Lipinski definition) is 0. The van der Waals surface area contributed by atoms with Gasteiger partial charge in [0.25, 0.3) is 0 Å². The zero-order valence-electron chi connectivity index (χ0n) is 21.7. The van der Waals surface area contributed by atoms with E-state index >= 15 is 0 Å². The number of benzene rings is 2. The van der Waals surface area contributed by atoms with E-state index < -0.39 is 0 Å². The molecule has 0 N–H and O–H groups in total. The molecule has 1 saturated carbocycles. The quantitative estimate of drug-likeness (QED) is 0.318. The zero-order valence-corrected chi connectivity index (χ0v) is 22.5. The summed E-state index contributed by atoms with van der Waals surface area (Å²) < 4.78 is 2.46. The van der Waals surface area contributed by atoms with Crippen molar-refractivity contribution in [3.63, 3.8) is 0 Å². The molecule has 3 nitrogen and oxygen atoms in total. The number of piperidine rings is 1. The standard InChI is InChI=1S/C31H42ClN3/c1-23-19-29-30(20-24(23)2)35(22-27-10-12-28(32)13-11-27)31(33-29)21-26-14-17-34(18-15-26)16-6-9-25-7-4-3-5-8-25/h10-13,19-20,25-26H,3-9,14-18,21-22H2,1-2H3. The molecule has 3 aromatic rings. The van der Waals surface area contributed by atoms with Gasteiger partial charge in [0, 0.05) is 18.0 Å². The van der Waals surface area contributed by atoms with Gasteiger partial charge in [0.05, 0.1) is 11.0 Å². The van der Waals surface area contributed by atoms with Gasteiger partial charge >= 0.3 is 0 Å². The predicted molar refractivity (Wildman–Crippen MR) is 148 cm³/mol. The molecule has 0 unspecified atom stereocenters. The maximum absolute atomic E-state index is 6.15. The van der Waals surface area contributed by atoms with Crippen LogP contribution >= 0.6 is 11.6 Å². The summed E-state index contributed by atoms with van der Waals surface area (Å²) in [6.07, 6.45) is 13.9. The second kappa shape index (κ2) is 11.5. The van der Waals surface area contributed by atoms with Crippen LogP contribution in [0.15, 0.2) is 36.4 Å². The van der Waals surface area contributed by atoms with E-state index in [2.05, 4.69) is 47.6 Å². The molecule has 2 aliphatic rings. The Bertz CT molecular complexity index is 1100. The van der Waals surface area contributed by atoms with E-state index in [0.717, 1.165) is 35.3 Å². The lowest BCUT2D eigenvalue weighted by Crippen LogP contribution is -2.35. The maximum Gasteiger partial charge on any atom is 0.110 e. The smallest absolute Gasteiger partial charge is 0.110 e. The van der Waals surface area contributed by atoms with Gasteiger partial charge < -0.3 is 9.47 Å². The highest BCUT2D eigenvalue weighted by molar-refractivity contribution is 6.30. The highest BCUT2D eigenvalue weighted by Crippen LogP contribution is 2.29. The third-order valence-corrected chi connectivity index (χ3v) is 8.94. The number of fused-ring (bicyclic) bond motifs is 1. The number of rotatable bonds is 8. The van der Waals surface area contributed by atoms with Crippen molar-refractivity contribution in [3.05, 3.63) is 63.9 Å². The minimum atomic E-state index is 0.729. The van der Waals surface area contributed by atoms with Crippen molar-refractivity contribution < 1.29 is 0 Å². The molecule has 0 atom stereocenters. The largest absolute Gasteiger partial charge is 0.323 e. The molecule has 1 aliphatic carbocycles. The molecule has 0 bridgehead atoms. The summed E-state index contributed by atoms with van der Waals surface area (Å²) in [6, 6.07) is 12.9. The molecular formula is C31H42ClN3. The first-order valence-corrected chi connectivity index (χ1v) is 14.4. The third kappa shape index (κ3) is 6.30. The molecule has 0 spiro atoms. The first kappa shape index (κ1) is 24.8. The highest BCUT2D eigenvalue weighted by atomic mass is 35.5. The monoisotopic (exact) mass is 491 g/mol. The molecular weight excluding hydrogens is 450 g/mol. The fourth-order valence-electron chi connectivity index (χ4n) is 6.29. The Morgan fingerprint density at radius 2 is 1.60 bits per heavy atom. The Morgan fingerprint density at radius 1 is 0.886 bits per heavy atom. The van der Waals surface area contributed by atoms with Gasteiger partial charge in [-0.1, -0.05) is 55.8 Å². The lowest BCUT2D eigenvalue weighted by atomic mass is 9.86.